The first-order valence-corrected chi connectivity index (χ1v) is 7.47. The Morgan fingerprint density at radius 2 is 2.41 bits per heavy atom. The fourth-order valence-corrected chi connectivity index (χ4v) is 3.31. The van der Waals surface area contributed by atoms with E-state index in [1.165, 1.54) is 5.56 Å². The predicted molar refractivity (Wildman–Crippen MR) is 75.0 cm³/mol. The van der Waals surface area contributed by atoms with E-state index in [1.807, 2.05) is 11.9 Å². The van der Waals surface area contributed by atoms with Gasteiger partial charge in [-0.3, -0.25) is 4.79 Å². The second kappa shape index (κ2) is 5.83. The third-order valence-electron chi connectivity index (χ3n) is 3.04. The van der Waals surface area contributed by atoms with E-state index in [2.05, 4.69) is 39.5 Å². The number of hydrogen-bond acceptors (Lipinski definition) is 2. The van der Waals surface area contributed by atoms with E-state index in [-0.39, 0.29) is 11.8 Å². The predicted octanol–water partition coefficient (Wildman–Crippen LogP) is 3.83. The van der Waals surface area contributed by atoms with Gasteiger partial charge in [-0.15, -0.1) is 11.3 Å². The molecule has 2 rings (SSSR count). The van der Waals surface area contributed by atoms with E-state index in [0.29, 0.717) is 6.54 Å². The molecular formula is C13H16BrNOS. The minimum Gasteiger partial charge on any atom is -0.341 e. The molecule has 1 aliphatic carbocycles. The van der Waals surface area contributed by atoms with Gasteiger partial charge in [-0.2, -0.15) is 0 Å². The van der Waals surface area contributed by atoms with Crippen molar-refractivity contribution < 1.29 is 4.79 Å². The van der Waals surface area contributed by atoms with Gasteiger partial charge in [0.05, 0.1) is 3.79 Å². The largest absolute Gasteiger partial charge is 0.341 e. The molecule has 0 spiro atoms. The standard InChI is InChI=1S/C13H16BrNOS/c1-15(8-10-7-12(14)17-9-10)13(16)11-5-3-2-4-6-11/h2-3,7,9,11H,4-6,8H2,1H3. The van der Waals surface area contributed by atoms with Crippen molar-refractivity contribution in [1.82, 2.24) is 4.90 Å². The van der Waals surface area contributed by atoms with Crippen LogP contribution in [0.2, 0.25) is 0 Å². The molecule has 1 aliphatic rings. The van der Waals surface area contributed by atoms with Crippen molar-refractivity contribution in [3.63, 3.8) is 0 Å². The molecule has 1 aromatic rings. The van der Waals surface area contributed by atoms with E-state index in [9.17, 15) is 4.79 Å². The zero-order valence-corrected chi connectivity index (χ0v) is 12.3. The fourth-order valence-electron chi connectivity index (χ4n) is 2.11. The Morgan fingerprint density at radius 3 is 3.00 bits per heavy atom. The molecule has 2 nitrogen and oxygen atoms in total. The van der Waals surface area contributed by atoms with E-state index in [1.54, 1.807) is 11.3 Å². The van der Waals surface area contributed by atoms with Crippen molar-refractivity contribution in [3.05, 3.63) is 32.9 Å². The van der Waals surface area contributed by atoms with Gasteiger partial charge in [0, 0.05) is 19.5 Å². The minimum absolute atomic E-state index is 0.187. The van der Waals surface area contributed by atoms with Gasteiger partial charge >= 0.3 is 0 Å². The molecule has 0 radical (unpaired) electrons. The van der Waals surface area contributed by atoms with Crippen LogP contribution < -0.4 is 0 Å². The lowest BCUT2D eigenvalue weighted by atomic mass is 9.93. The first kappa shape index (κ1) is 12.8. The maximum absolute atomic E-state index is 12.2. The Labute approximate surface area is 114 Å². The zero-order chi connectivity index (χ0) is 12.3. The van der Waals surface area contributed by atoms with Gasteiger partial charge in [0.15, 0.2) is 0 Å². The van der Waals surface area contributed by atoms with E-state index in [4.69, 9.17) is 0 Å². The van der Waals surface area contributed by atoms with Crippen LogP contribution in [0.25, 0.3) is 0 Å². The molecule has 1 unspecified atom stereocenters. The van der Waals surface area contributed by atoms with Crippen LogP contribution in [0.15, 0.2) is 27.4 Å². The van der Waals surface area contributed by atoms with Crippen LogP contribution in [0.5, 0.6) is 0 Å². The Hall–Kier alpha value is -0.610. The summed E-state index contributed by atoms with van der Waals surface area (Å²) in [4.78, 5) is 14.0. The highest BCUT2D eigenvalue weighted by molar-refractivity contribution is 9.11. The van der Waals surface area contributed by atoms with Gasteiger partial charge in [-0.1, -0.05) is 12.2 Å². The topological polar surface area (TPSA) is 20.3 Å². The molecule has 0 saturated carbocycles. The number of rotatable bonds is 3. The molecule has 17 heavy (non-hydrogen) atoms. The zero-order valence-electron chi connectivity index (χ0n) is 9.86. The van der Waals surface area contributed by atoms with Crippen molar-refractivity contribution in [2.45, 2.75) is 25.8 Å². The van der Waals surface area contributed by atoms with E-state index >= 15 is 0 Å². The van der Waals surface area contributed by atoms with Crippen molar-refractivity contribution in [1.29, 1.82) is 0 Å². The average Bonchev–Trinajstić information content (AvgIpc) is 2.75. The third-order valence-corrected chi connectivity index (χ3v) is 4.59. The summed E-state index contributed by atoms with van der Waals surface area (Å²) >= 11 is 5.10. The lowest BCUT2D eigenvalue weighted by molar-refractivity contribution is -0.135. The summed E-state index contributed by atoms with van der Waals surface area (Å²) in [5.74, 6) is 0.462. The SMILES string of the molecule is CN(Cc1csc(Br)c1)C(=O)C1CC=CCC1. The van der Waals surface area contributed by atoms with Gasteiger partial charge in [0.2, 0.25) is 5.91 Å². The highest BCUT2D eigenvalue weighted by atomic mass is 79.9. The molecule has 0 fully saturated rings. The van der Waals surface area contributed by atoms with Crippen LogP contribution in [0.1, 0.15) is 24.8 Å². The minimum atomic E-state index is 0.187. The van der Waals surface area contributed by atoms with Crippen LogP contribution in [-0.2, 0) is 11.3 Å². The van der Waals surface area contributed by atoms with Gasteiger partial charge in [-0.05, 0) is 52.2 Å². The van der Waals surface area contributed by atoms with Crippen LogP contribution in [0, 0.1) is 5.92 Å². The maximum Gasteiger partial charge on any atom is 0.226 e. The summed E-state index contributed by atoms with van der Waals surface area (Å²) in [5.41, 5.74) is 1.20. The highest BCUT2D eigenvalue weighted by Gasteiger charge is 2.22. The number of allylic oxidation sites excluding steroid dienone is 2. The summed E-state index contributed by atoms with van der Waals surface area (Å²) in [6.07, 6.45) is 7.22. The van der Waals surface area contributed by atoms with Crippen LogP contribution in [-0.4, -0.2) is 17.9 Å². The third kappa shape index (κ3) is 3.42. The molecule has 0 bridgehead atoms. The number of thiophene rings is 1. The summed E-state index contributed by atoms with van der Waals surface area (Å²) < 4.78 is 1.12. The molecule has 1 amide bonds. The second-order valence-corrected chi connectivity index (χ2v) is 6.73. The smallest absolute Gasteiger partial charge is 0.226 e. The summed E-state index contributed by atoms with van der Waals surface area (Å²) in [5, 5.41) is 2.09. The Bertz CT molecular complexity index is 427. The lowest BCUT2D eigenvalue weighted by Gasteiger charge is -2.24. The van der Waals surface area contributed by atoms with Crippen LogP contribution in [0.4, 0.5) is 0 Å². The lowest BCUT2D eigenvalue weighted by Crippen LogP contribution is -2.32. The molecule has 0 aliphatic heterocycles. The number of carbonyl (C=O) groups excluding carboxylic acids is 1. The summed E-state index contributed by atoms with van der Waals surface area (Å²) in [7, 11) is 1.90. The van der Waals surface area contributed by atoms with Gasteiger partial charge in [0.1, 0.15) is 0 Å². The number of nitrogens with zero attached hydrogens (tertiary/aromatic N) is 1. The normalized spacial score (nSPS) is 19.3. The van der Waals surface area contributed by atoms with Crippen molar-refractivity contribution in [2.24, 2.45) is 5.92 Å². The van der Waals surface area contributed by atoms with Crippen molar-refractivity contribution >= 4 is 33.2 Å². The quantitative estimate of drug-likeness (QED) is 0.777. The molecule has 0 N–H and O–H groups in total. The monoisotopic (exact) mass is 313 g/mol. The number of hydrogen-bond donors (Lipinski definition) is 0. The van der Waals surface area contributed by atoms with Gasteiger partial charge in [0.25, 0.3) is 0 Å². The second-order valence-electron chi connectivity index (χ2n) is 4.43. The van der Waals surface area contributed by atoms with Crippen LogP contribution in [0.3, 0.4) is 0 Å². The van der Waals surface area contributed by atoms with E-state index in [0.717, 1.165) is 23.0 Å². The van der Waals surface area contributed by atoms with Crippen molar-refractivity contribution in [3.8, 4) is 0 Å². The Balaban J connectivity index is 1.93. The first-order chi connectivity index (χ1) is 8.16. The molecule has 1 heterocycles. The van der Waals surface area contributed by atoms with Gasteiger partial charge < -0.3 is 4.90 Å². The first-order valence-electron chi connectivity index (χ1n) is 5.79. The average molecular weight is 314 g/mol. The Kier molecular flexibility index (Phi) is 4.40. The Morgan fingerprint density at radius 1 is 1.59 bits per heavy atom. The number of carbonyl (C=O) groups is 1. The fraction of sp³-hybridized carbons (Fsp3) is 0.462. The van der Waals surface area contributed by atoms with Crippen LogP contribution >= 0.6 is 27.3 Å². The molecule has 0 saturated heterocycles. The van der Waals surface area contributed by atoms with E-state index < -0.39 is 0 Å². The molecule has 0 aromatic carbocycles. The molecule has 4 heteroatoms. The van der Waals surface area contributed by atoms with Gasteiger partial charge in [-0.25, -0.2) is 0 Å². The highest BCUT2D eigenvalue weighted by Crippen LogP contribution is 2.24. The maximum atomic E-state index is 12.2. The summed E-state index contributed by atoms with van der Waals surface area (Å²) in [6.45, 7) is 0.709. The summed E-state index contributed by atoms with van der Waals surface area (Å²) in [6, 6.07) is 2.08. The number of halogens is 1. The van der Waals surface area contributed by atoms with Crippen molar-refractivity contribution in [2.75, 3.05) is 7.05 Å². The molecule has 92 valence electrons. The number of amides is 1. The molecule has 1 aromatic heterocycles. The molecule has 1 atom stereocenters. The molecular weight excluding hydrogens is 298 g/mol.